The third kappa shape index (κ3) is 5.60. The summed E-state index contributed by atoms with van der Waals surface area (Å²) in [5, 5.41) is -0.506. The molecule has 1 saturated heterocycles. The maximum Gasteiger partial charge on any atom is 0.326 e. The molecule has 30 heavy (non-hydrogen) atoms. The van der Waals surface area contributed by atoms with Gasteiger partial charge in [0.1, 0.15) is 24.7 Å². The van der Waals surface area contributed by atoms with Crippen LogP contribution < -0.4 is 4.74 Å². The summed E-state index contributed by atoms with van der Waals surface area (Å²) >= 11 is 2.90. The summed E-state index contributed by atoms with van der Waals surface area (Å²) in [7, 11) is 0. The van der Waals surface area contributed by atoms with Crippen molar-refractivity contribution in [2.75, 3.05) is 13.2 Å². The monoisotopic (exact) mass is 541 g/mol. The molecule has 156 valence electrons. The number of benzene rings is 2. The number of thioether (sulfide) groups is 1. The van der Waals surface area contributed by atoms with Crippen LogP contribution in [0.4, 0.5) is 9.18 Å². The van der Waals surface area contributed by atoms with Crippen LogP contribution in [-0.4, -0.2) is 35.2 Å². The van der Waals surface area contributed by atoms with Gasteiger partial charge in [-0.2, -0.15) is 0 Å². The minimum Gasteiger partial charge on any atom is -0.488 e. The Balaban J connectivity index is 1.68. The van der Waals surface area contributed by atoms with Gasteiger partial charge in [0.05, 0.1) is 15.1 Å². The van der Waals surface area contributed by atoms with Crippen LogP contribution in [0.15, 0.2) is 47.4 Å². The van der Waals surface area contributed by atoms with Gasteiger partial charge in [0.15, 0.2) is 0 Å². The average molecular weight is 541 g/mol. The third-order valence-corrected chi connectivity index (χ3v) is 5.78. The van der Waals surface area contributed by atoms with Crippen LogP contribution in [0.25, 0.3) is 6.08 Å². The van der Waals surface area contributed by atoms with Crippen LogP contribution in [0.3, 0.4) is 0 Å². The van der Waals surface area contributed by atoms with Gasteiger partial charge in [0.2, 0.25) is 0 Å². The van der Waals surface area contributed by atoms with Gasteiger partial charge in [-0.05, 0) is 82.7 Å². The predicted molar refractivity (Wildman–Crippen MR) is 119 cm³/mol. The van der Waals surface area contributed by atoms with E-state index in [1.807, 2.05) is 6.07 Å². The Hall–Kier alpha value is -2.40. The lowest BCUT2D eigenvalue weighted by Gasteiger charge is -2.11. The van der Waals surface area contributed by atoms with Gasteiger partial charge in [-0.3, -0.25) is 19.3 Å². The van der Waals surface area contributed by atoms with Crippen molar-refractivity contribution >= 4 is 57.5 Å². The zero-order valence-corrected chi connectivity index (χ0v) is 18.9. The van der Waals surface area contributed by atoms with Crippen molar-refractivity contribution in [3.05, 3.63) is 67.9 Å². The summed E-state index contributed by atoms with van der Waals surface area (Å²) in [5.41, 5.74) is 1.56. The quantitative estimate of drug-likeness (QED) is 0.290. The van der Waals surface area contributed by atoms with Crippen molar-refractivity contribution < 1.29 is 28.2 Å². The number of ether oxygens (including phenoxy) is 2. The first-order chi connectivity index (χ1) is 14.4. The van der Waals surface area contributed by atoms with Crippen molar-refractivity contribution in [2.24, 2.45) is 0 Å². The van der Waals surface area contributed by atoms with Crippen LogP contribution in [0.1, 0.15) is 18.1 Å². The minimum absolute atomic E-state index is 0.179. The number of imide groups is 1. The molecule has 0 aliphatic carbocycles. The van der Waals surface area contributed by atoms with Crippen LogP contribution in [0.5, 0.6) is 5.75 Å². The summed E-state index contributed by atoms with van der Waals surface area (Å²) in [6.07, 6.45) is 1.60. The van der Waals surface area contributed by atoms with E-state index in [-0.39, 0.29) is 17.3 Å². The molecule has 0 atom stereocenters. The zero-order chi connectivity index (χ0) is 21.7. The lowest BCUT2D eigenvalue weighted by molar-refractivity contribution is -0.145. The standard InChI is InChI=1S/C21H17FINO5S/c1-2-28-19(25)11-24-20(26)18(30-21(24)27)10-14-5-8-17(16(23)9-14)29-12-13-3-6-15(22)7-4-13/h3-10H,2,11-12H2,1H3/b18-10+. The Kier molecular flexibility index (Phi) is 7.48. The van der Waals surface area contributed by atoms with E-state index in [1.54, 1.807) is 37.3 Å². The number of amides is 2. The number of hydrogen-bond donors (Lipinski definition) is 0. The second-order valence-electron chi connectivity index (χ2n) is 6.18. The highest BCUT2D eigenvalue weighted by Gasteiger charge is 2.36. The van der Waals surface area contributed by atoms with Crippen LogP contribution in [-0.2, 0) is 20.9 Å². The van der Waals surface area contributed by atoms with Crippen molar-refractivity contribution in [3.8, 4) is 5.75 Å². The van der Waals surface area contributed by atoms with Crippen LogP contribution >= 0.6 is 34.4 Å². The normalized spacial score (nSPS) is 15.0. The number of halogens is 2. The SMILES string of the molecule is CCOC(=O)CN1C(=O)S/C(=C/c2ccc(OCc3ccc(F)cc3)c(I)c2)C1=O. The molecule has 0 unspecified atom stereocenters. The number of nitrogens with zero attached hydrogens (tertiary/aromatic N) is 1. The second-order valence-corrected chi connectivity index (χ2v) is 8.33. The van der Waals surface area contributed by atoms with E-state index < -0.39 is 23.7 Å². The van der Waals surface area contributed by atoms with E-state index in [1.165, 1.54) is 12.1 Å². The molecule has 6 nitrogen and oxygen atoms in total. The zero-order valence-electron chi connectivity index (χ0n) is 15.9. The van der Waals surface area contributed by atoms with E-state index >= 15 is 0 Å². The minimum atomic E-state index is -0.627. The molecule has 0 saturated carbocycles. The van der Waals surface area contributed by atoms with Crippen LogP contribution in [0.2, 0.25) is 0 Å². The smallest absolute Gasteiger partial charge is 0.326 e. The number of carbonyl (C=O) groups excluding carboxylic acids is 3. The Bertz CT molecular complexity index is 1010. The molecule has 1 heterocycles. The maximum absolute atomic E-state index is 13.0. The van der Waals surface area contributed by atoms with Crippen molar-refractivity contribution in [1.29, 1.82) is 0 Å². The first-order valence-electron chi connectivity index (χ1n) is 8.95. The highest BCUT2D eigenvalue weighted by Crippen LogP contribution is 2.33. The van der Waals surface area contributed by atoms with E-state index in [9.17, 15) is 18.8 Å². The molecule has 2 aromatic carbocycles. The first kappa shape index (κ1) is 22.3. The first-order valence-corrected chi connectivity index (χ1v) is 10.8. The molecule has 0 aromatic heterocycles. The van der Waals surface area contributed by atoms with Crippen molar-refractivity contribution in [1.82, 2.24) is 4.90 Å². The fourth-order valence-corrected chi connectivity index (χ4v) is 4.12. The van der Waals surface area contributed by atoms with Crippen molar-refractivity contribution in [2.45, 2.75) is 13.5 Å². The van der Waals surface area contributed by atoms with Gasteiger partial charge >= 0.3 is 5.97 Å². The number of esters is 1. The predicted octanol–water partition coefficient (Wildman–Crippen LogP) is 4.61. The summed E-state index contributed by atoms with van der Waals surface area (Å²) in [6.45, 7) is 1.73. The lowest BCUT2D eigenvalue weighted by atomic mass is 10.2. The van der Waals surface area contributed by atoms with Crippen molar-refractivity contribution in [3.63, 3.8) is 0 Å². The van der Waals surface area contributed by atoms with E-state index in [4.69, 9.17) is 9.47 Å². The van der Waals surface area contributed by atoms with E-state index in [0.29, 0.717) is 12.4 Å². The fraction of sp³-hybridized carbons (Fsp3) is 0.190. The summed E-state index contributed by atoms with van der Waals surface area (Å²) in [4.78, 5) is 37.2. The molecule has 0 bridgehead atoms. The Morgan fingerprint density at radius 1 is 1.20 bits per heavy atom. The number of carbonyl (C=O) groups is 3. The molecule has 1 aliphatic heterocycles. The van der Waals surface area contributed by atoms with Gasteiger partial charge < -0.3 is 9.47 Å². The topological polar surface area (TPSA) is 72.9 Å². The van der Waals surface area contributed by atoms with E-state index in [0.717, 1.165) is 31.4 Å². The molecule has 0 N–H and O–H groups in total. The summed E-state index contributed by atoms with van der Waals surface area (Å²) < 4.78 is 24.4. The average Bonchev–Trinajstić information content (AvgIpc) is 2.96. The van der Waals surface area contributed by atoms with Gasteiger partial charge in [-0.1, -0.05) is 18.2 Å². The molecule has 2 amide bonds. The maximum atomic E-state index is 13.0. The molecular formula is C21H17FINO5S. The Labute approximate surface area is 190 Å². The second kappa shape index (κ2) is 10.1. The van der Waals surface area contributed by atoms with Gasteiger partial charge in [-0.15, -0.1) is 0 Å². The molecule has 0 spiro atoms. The molecule has 0 radical (unpaired) electrons. The number of rotatable bonds is 7. The molecular weight excluding hydrogens is 524 g/mol. The largest absolute Gasteiger partial charge is 0.488 e. The fourth-order valence-electron chi connectivity index (χ4n) is 2.59. The Morgan fingerprint density at radius 3 is 2.60 bits per heavy atom. The number of hydrogen-bond acceptors (Lipinski definition) is 6. The summed E-state index contributed by atoms with van der Waals surface area (Å²) in [5.74, 6) is -0.806. The highest BCUT2D eigenvalue weighted by atomic mass is 127. The molecule has 1 aliphatic rings. The lowest BCUT2D eigenvalue weighted by Crippen LogP contribution is -2.34. The molecule has 3 rings (SSSR count). The summed E-state index contributed by atoms with van der Waals surface area (Å²) in [6, 6.07) is 11.4. The van der Waals surface area contributed by atoms with E-state index in [2.05, 4.69) is 22.6 Å². The molecule has 9 heteroatoms. The van der Waals surface area contributed by atoms with Gasteiger partial charge in [-0.25, -0.2) is 4.39 Å². The molecule has 2 aromatic rings. The Morgan fingerprint density at radius 2 is 1.93 bits per heavy atom. The highest BCUT2D eigenvalue weighted by molar-refractivity contribution is 14.1. The van der Waals surface area contributed by atoms with Crippen LogP contribution in [0, 0.1) is 9.39 Å². The third-order valence-electron chi connectivity index (χ3n) is 4.03. The van der Waals surface area contributed by atoms with Gasteiger partial charge in [0.25, 0.3) is 11.1 Å². The van der Waals surface area contributed by atoms with Gasteiger partial charge in [0, 0.05) is 0 Å². The molecule has 1 fully saturated rings.